The highest BCUT2D eigenvalue weighted by Gasteiger charge is 2.23. The first-order valence-corrected chi connectivity index (χ1v) is 9.17. The second-order valence-electron chi connectivity index (χ2n) is 6.32. The van der Waals surface area contributed by atoms with Crippen molar-refractivity contribution in [2.24, 2.45) is 0 Å². The Bertz CT molecular complexity index is 803. The lowest BCUT2D eigenvalue weighted by molar-refractivity contribution is -0.133. The topological polar surface area (TPSA) is 60.5 Å². The van der Waals surface area contributed by atoms with Crippen molar-refractivity contribution in [3.8, 4) is 23.0 Å². The second-order valence-corrected chi connectivity index (χ2v) is 6.32. The van der Waals surface area contributed by atoms with Crippen molar-refractivity contribution in [3.63, 3.8) is 0 Å². The van der Waals surface area contributed by atoms with Gasteiger partial charge in [0.15, 0.2) is 18.1 Å². The predicted octanol–water partition coefficient (Wildman–Crippen LogP) is 2.44. The summed E-state index contributed by atoms with van der Waals surface area (Å²) < 4.78 is 21.7. The van der Waals surface area contributed by atoms with Crippen molar-refractivity contribution < 1.29 is 23.7 Å². The van der Waals surface area contributed by atoms with E-state index in [1.807, 2.05) is 29.2 Å². The van der Waals surface area contributed by atoms with Gasteiger partial charge in [0.2, 0.25) is 5.75 Å². The van der Waals surface area contributed by atoms with Crippen LogP contribution in [0.15, 0.2) is 42.5 Å². The van der Waals surface area contributed by atoms with E-state index in [9.17, 15) is 4.79 Å². The molecule has 2 aromatic rings. The number of ether oxygens (including phenoxy) is 4. The van der Waals surface area contributed by atoms with E-state index in [0.29, 0.717) is 30.3 Å². The van der Waals surface area contributed by atoms with Gasteiger partial charge < -0.3 is 28.7 Å². The average molecular weight is 386 g/mol. The number of piperazine rings is 1. The largest absolute Gasteiger partial charge is 0.495 e. The molecule has 7 heteroatoms. The lowest BCUT2D eigenvalue weighted by Gasteiger charge is -2.36. The van der Waals surface area contributed by atoms with Crippen molar-refractivity contribution in [3.05, 3.63) is 42.5 Å². The zero-order valence-electron chi connectivity index (χ0n) is 16.5. The van der Waals surface area contributed by atoms with Gasteiger partial charge in [-0.3, -0.25) is 4.79 Å². The van der Waals surface area contributed by atoms with Gasteiger partial charge in [-0.2, -0.15) is 0 Å². The summed E-state index contributed by atoms with van der Waals surface area (Å²) in [5.41, 5.74) is 1.05. The summed E-state index contributed by atoms with van der Waals surface area (Å²) in [5, 5.41) is 0. The van der Waals surface area contributed by atoms with Gasteiger partial charge >= 0.3 is 0 Å². The molecule has 28 heavy (non-hydrogen) atoms. The summed E-state index contributed by atoms with van der Waals surface area (Å²) in [6, 6.07) is 13.3. The minimum atomic E-state index is -0.0513. The molecule has 1 aliphatic rings. The standard InChI is InChI=1S/C21H26N2O5/c1-25-17-8-5-4-7-16(17)22-11-13-23(14-12-22)20(24)15-28-19-10-6-9-18(26-2)21(19)27-3/h4-10H,11-15H2,1-3H3. The number of rotatable bonds is 7. The van der Waals surface area contributed by atoms with Crippen molar-refractivity contribution >= 4 is 11.6 Å². The second kappa shape index (κ2) is 9.21. The molecule has 1 heterocycles. The summed E-state index contributed by atoms with van der Waals surface area (Å²) in [7, 11) is 4.78. The molecule has 0 aromatic heterocycles. The SMILES string of the molecule is COc1ccccc1N1CCN(C(=O)COc2cccc(OC)c2OC)CC1. The van der Waals surface area contributed by atoms with Crippen LogP contribution >= 0.6 is 0 Å². The maximum absolute atomic E-state index is 12.6. The Morgan fingerprint density at radius 3 is 2.14 bits per heavy atom. The van der Waals surface area contributed by atoms with Crippen LogP contribution < -0.4 is 23.8 Å². The highest BCUT2D eigenvalue weighted by atomic mass is 16.5. The number of anilines is 1. The number of benzene rings is 2. The maximum Gasteiger partial charge on any atom is 0.260 e. The van der Waals surface area contributed by atoms with Crippen LogP contribution in [0.2, 0.25) is 0 Å². The van der Waals surface area contributed by atoms with Crippen LogP contribution in [-0.4, -0.2) is 64.9 Å². The van der Waals surface area contributed by atoms with Gasteiger partial charge in [0.05, 0.1) is 27.0 Å². The molecule has 0 saturated carbocycles. The fraction of sp³-hybridized carbons (Fsp3) is 0.381. The van der Waals surface area contributed by atoms with E-state index in [-0.39, 0.29) is 12.5 Å². The van der Waals surface area contributed by atoms with Crippen LogP contribution in [0, 0.1) is 0 Å². The van der Waals surface area contributed by atoms with Crippen molar-refractivity contribution in [2.45, 2.75) is 0 Å². The Hall–Kier alpha value is -3.09. The first-order valence-electron chi connectivity index (χ1n) is 9.17. The Labute approximate surface area is 165 Å². The van der Waals surface area contributed by atoms with Crippen LogP contribution in [0.5, 0.6) is 23.0 Å². The van der Waals surface area contributed by atoms with Gasteiger partial charge in [-0.05, 0) is 24.3 Å². The van der Waals surface area contributed by atoms with Gasteiger partial charge in [0.25, 0.3) is 5.91 Å². The minimum Gasteiger partial charge on any atom is -0.495 e. The number of para-hydroxylation sites is 3. The molecule has 1 fully saturated rings. The number of carbonyl (C=O) groups excluding carboxylic acids is 1. The quantitative estimate of drug-likeness (QED) is 0.729. The van der Waals surface area contributed by atoms with Gasteiger partial charge in [-0.25, -0.2) is 0 Å². The molecular weight excluding hydrogens is 360 g/mol. The normalized spacial score (nSPS) is 13.8. The van der Waals surface area contributed by atoms with E-state index in [1.165, 1.54) is 0 Å². The number of hydrogen-bond donors (Lipinski definition) is 0. The zero-order chi connectivity index (χ0) is 19.9. The van der Waals surface area contributed by atoms with E-state index in [4.69, 9.17) is 18.9 Å². The summed E-state index contributed by atoms with van der Waals surface area (Å²) >= 11 is 0. The molecular formula is C21H26N2O5. The third-order valence-electron chi connectivity index (χ3n) is 4.78. The molecule has 0 spiro atoms. The lowest BCUT2D eigenvalue weighted by Crippen LogP contribution is -2.50. The number of hydrogen-bond acceptors (Lipinski definition) is 6. The smallest absolute Gasteiger partial charge is 0.260 e. The molecule has 0 radical (unpaired) electrons. The molecule has 0 unspecified atom stereocenters. The summed E-state index contributed by atoms with van der Waals surface area (Å²) in [4.78, 5) is 16.6. The molecule has 0 N–H and O–H groups in total. The van der Waals surface area contributed by atoms with Crippen LogP contribution in [-0.2, 0) is 4.79 Å². The first kappa shape index (κ1) is 19.7. The molecule has 1 aliphatic heterocycles. The van der Waals surface area contributed by atoms with Crippen LogP contribution in [0.25, 0.3) is 0 Å². The molecule has 0 bridgehead atoms. The van der Waals surface area contributed by atoms with E-state index in [1.54, 1.807) is 39.5 Å². The van der Waals surface area contributed by atoms with Crippen LogP contribution in [0.3, 0.4) is 0 Å². The third-order valence-corrected chi connectivity index (χ3v) is 4.78. The fourth-order valence-corrected chi connectivity index (χ4v) is 3.29. The number of amides is 1. The van der Waals surface area contributed by atoms with Gasteiger partial charge in [0.1, 0.15) is 5.75 Å². The Kier molecular flexibility index (Phi) is 6.47. The Morgan fingerprint density at radius 2 is 1.46 bits per heavy atom. The molecule has 1 saturated heterocycles. The highest BCUT2D eigenvalue weighted by Crippen LogP contribution is 2.36. The number of carbonyl (C=O) groups is 1. The van der Waals surface area contributed by atoms with Gasteiger partial charge in [0, 0.05) is 26.2 Å². The fourth-order valence-electron chi connectivity index (χ4n) is 3.29. The molecule has 2 aromatic carbocycles. The third kappa shape index (κ3) is 4.24. The lowest BCUT2D eigenvalue weighted by atomic mass is 10.2. The predicted molar refractivity (Wildman–Crippen MR) is 107 cm³/mol. The van der Waals surface area contributed by atoms with E-state index < -0.39 is 0 Å². The summed E-state index contributed by atoms with van der Waals surface area (Å²) in [6.45, 7) is 2.71. The maximum atomic E-state index is 12.6. The average Bonchev–Trinajstić information content (AvgIpc) is 2.77. The van der Waals surface area contributed by atoms with E-state index >= 15 is 0 Å². The summed E-state index contributed by atoms with van der Waals surface area (Å²) in [5.74, 6) is 2.33. The minimum absolute atomic E-state index is 0.0435. The van der Waals surface area contributed by atoms with Crippen molar-refractivity contribution in [1.29, 1.82) is 0 Å². The molecule has 0 aliphatic carbocycles. The molecule has 1 amide bonds. The molecule has 0 atom stereocenters. The molecule has 3 rings (SSSR count). The Morgan fingerprint density at radius 1 is 0.821 bits per heavy atom. The zero-order valence-corrected chi connectivity index (χ0v) is 16.5. The van der Waals surface area contributed by atoms with Crippen molar-refractivity contribution in [2.75, 3.05) is 59.0 Å². The van der Waals surface area contributed by atoms with Crippen LogP contribution in [0.1, 0.15) is 0 Å². The van der Waals surface area contributed by atoms with Crippen LogP contribution in [0.4, 0.5) is 5.69 Å². The highest BCUT2D eigenvalue weighted by molar-refractivity contribution is 5.78. The van der Waals surface area contributed by atoms with Gasteiger partial charge in [-0.15, -0.1) is 0 Å². The monoisotopic (exact) mass is 386 g/mol. The van der Waals surface area contributed by atoms with E-state index in [0.717, 1.165) is 24.5 Å². The van der Waals surface area contributed by atoms with Gasteiger partial charge in [-0.1, -0.05) is 18.2 Å². The number of methoxy groups -OCH3 is 3. The van der Waals surface area contributed by atoms with Crippen molar-refractivity contribution in [1.82, 2.24) is 4.90 Å². The van der Waals surface area contributed by atoms with E-state index in [2.05, 4.69) is 4.90 Å². The first-order chi connectivity index (χ1) is 13.7. The molecule has 7 nitrogen and oxygen atoms in total. The summed E-state index contributed by atoms with van der Waals surface area (Å²) in [6.07, 6.45) is 0. The molecule has 150 valence electrons. The Balaban J connectivity index is 1.56. The number of nitrogens with zero attached hydrogens (tertiary/aromatic N) is 2.